The number of ether oxygens (including phenoxy) is 4. The van der Waals surface area contributed by atoms with Gasteiger partial charge in [0.1, 0.15) is 0 Å². The molecule has 0 heterocycles. The third-order valence-corrected chi connectivity index (χ3v) is 18.1. The molecule has 0 saturated carbocycles. The lowest BCUT2D eigenvalue weighted by Crippen LogP contribution is -2.38. The minimum atomic E-state index is -0.144. The zero-order valence-corrected chi connectivity index (χ0v) is 59.7. The van der Waals surface area contributed by atoms with Crippen LogP contribution in [0.15, 0.2) is 0 Å². The summed E-state index contributed by atoms with van der Waals surface area (Å²) in [6, 6.07) is 0. The van der Waals surface area contributed by atoms with Crippen molar-refractivity contribution < 1.29 is 38.1 Å². The van der Waals surface area contributed by atoms with Crippen LogP contribution in [0.1, 0.15) is 363 Å². The Labute approximate surface area is 546 Å². The smallest absolute Gasteiger partial charge is 0.307 e. The van der Waals surface area contributed by atoms with E-state index in [1.807, 2.05) is 0 Å². The molecule has 0 aromatic rings. The number of nitrogens with zero attached hydrogens (tertiary/aromatic N) is 4. The van der Waals surface area contributed by atoms with E-state index < -0.39 is 0 Å². The standard InChI is InChI=1S/C76H150N4O8/c1-7-13-17-21-25-29-33-37-41-45-49-69-85-73(81)55-63-79(64-56-74(82)86-70-50-46-42-38-34-30-26-22-18-14-8-2)61-53-59-77(11-5)67-68-78(12-6)60-54-62-80(65-57-75(83)87-71-51-47-43-39-35-31-27-23-19-15-9-3)66-58-76(84)88-72-52-48-44-40-36-32-28-24-20-16-10-4/h7-72H2,1-6H3. The van der Waals surface area contributed by atoms with Crippen molar-refractivity contribution in [3.05, 3.63) is 0 Å². The monoisotopic (exact) mass is 1250 g/mol. The zero-order valence-electron chi connectivity index (χ0n) is 59.7. The fourth-order valence-electron chi connectivity index (χ4n) is 11.9. The first-order chi connectivity index (χ1) is 43.2. The van der Waals surface area contributed by atoms with Crippen molar-refractivity contribution in [1.29, 1.82) is 0 Å². The first-order valence-corrected chi connectivity index (χ1v) is 38.7. The third kappa shape index (κ3) is 63.9. The van der Waals surface area contributed by atoms with Crippen molar-refractivity contribution in [3.63, 3.8) is 0 Å². The molecule has 12 heteroatoms. The number of likely N-dealkylation sites (N-methyl/N-ethyl adjacent to an activating group) is 2. The summed E-state index contributed by atoms with van der Waals surface area (Å²) in [5, 5.41) is 0. The van der Waals surface area contributed by atoms with Crippen LogP contribution in [0, 0.1) is 0 Å². The molecule has 0 bridgehead atoms. The molecule has 0 spiro atoms. The number of hydrogen-bond donors (Lipinski definition) is 0. The Morgan fingerprint density at radius 3 is 0.545 bits per heavy atom. The number of unbranched alkanes of at least 4 members (excludes halogenated alkanes) is 40. The topological polar surface area (TPSA) is 118 Å². The molecule has 0 atom stereocenters. The van der Waals surface area contributed by atoms with E-state index in [2.05, 4.69) is 61.1 Å². The number of carbonyl (C=O) groups excluding carboxylic acids is 4. The number of hydrogen-bond acceptors (Lipinski definition) is 12. The minimum Gasteiger partial charge on any atom is -0.466 e. The van der Waals surface area contributed by atoms with Crippen LogP contribution in [-0.2, 0) is 38.1 Å². The van der Waals surface area contributed by atoms with E-state index in [-0.39, 0.29) is 23.9 Å². The normalized spacial score (nSPS) is 11.7. The second kappa shape index (κ2) is 70.6. The molecule has 0 aliphatic heterocycles. The Hall–Kier alpha value is -2.28. The molecule has 0 aromatic carbocycles. The Kier molecular flexibility index (Phi) is 68.8. The van der Waals surface area contributed by atoms with E-state index in [1.54, 1.807) is 0 Å². The maximum absolute atomic E-state index is 13.0. The molecule has 0 unspecified atom stereocenters. The molecule has 0 aliphatic carbocycles. The van der Waals surface area contributed by atoms with Crippen LogP contribution in [0.5, 0.6) is 0 Å². The van der Waals surface area contributed by atoms with Gasteiger partial charge in [-0.2, -0.15) is 0 Å². The number of carbonyl (C=O) groups is 4. The molecule has 0 aliphatic rings. The van der Waals surface area contributed by atoms with Crippen molar-refractivity contribution in [2.75, 3.05) is 105 Å². The predicted octanol–water partition coefficient (Wildman–Crippen LogP) is 20.0. The average Bonchev–Trinajstić information content (AvgIpc) is 3.54. The molecule has 522 valence electrons. The van der Waals surface area contributed by atoms with Crippen LogP contribution < -0.4 is 0 Å². The van der Waals surface area contributed by atoms with E-state index in [0.29, 0.717) is 78.3 Å². The highest BCUT2D eigenvalue weighted by Crippen LogP contribution is 2.16. The molecular formula is C76H150N4O8. The summed E-state index contributed by atoms with van der Waals surface area (Å²) in [6.45, 7) is 25.1. The van der Waals surface area contributed by atoms with E-state index in [4.69, 9.17) is 18.9 Å². The van der Waals surface area contributed by atoms with Gasteiger partial charge in [0.05, 0.1) is 52.1 Å². The summed E-state index contributed by atoms with van der Waals surface area (Å²) in [4.78, 5) is 61.4. The molecule has 0 N–H and O–H groups in total. The van der Waals surface area contributed by atoms with Crippen molar-refractivity contribution in [1.82, 2.24) is 19.6 Å². The zero-order chi connectivity index (χ0) is 64.1. The maximum Gasteiger partial charge on any atom is 0.307 e. The lowest BCUT2D eigenvalue weighted by atomic mass is 10.1. The predicted molar refractivity (Wildman–Crippen MR) is 374 cm³/mol. The second-order valence-electron chi connectivity index (χ2n) is 26.3. The van der Waals surface area contributed by atoms with Gasteiger partial charge in [0, 0.05) is 39.3 Å². The number of rotatable bonds is 73. The van der Waals surface area contributed by atoms with Gasteiger partial charge >= 0.3 is 23.9 Å². The van der Waals surface area contributed by atoms with Crippen molar-refractivity contribution in [2.45, 2.75) is 363 Å². The fourth-order valence-corrected chi connectivity index (χ4v) is 11.9. The Morgan fingerprint density at radius 2 is 0.364 bits per heavy atom. The summed E-state index contributed by atoms with van der Waals surface area (Å²) in [5.41, 5.74) is 0. The second-order valence-corrected chi connectivity index (χ2v) is 26.3. The Morgan fingerprint density at radius 1 is 0.193 bits per heavy atom. The third-order valence-electron chi connectivity index (χ3n) is 18.1. The first-order valence-electron chi connectivity index (χ1n) is 38.7. The lowest BCUT2D eigenvalue weighted by molar-refractivity contribution is -0.146. The van der Waals surface area contributed by atoms with Crippen LogP contribution in [0.2, 0.25) is 0 Å². The van der Waals surface area contributed by atoms with Crippen LogP contribution in [0.25, 0.3) is 0 Å². The summed E-state index contributed by atoms with van der Waals surface area (Å²) >= 11 is 0. The van der Waals surface area contributed by atoms with Gasteiger partial charge in [-0.05, 0) is 77.8 Å². The minimum absolute atomic E-state index is 0.144. The molecule has 0 aromatic heterocycles. The lowest BCUT2D eigenvalue weighted by Gasteiger charge is -2.28. The van der Waals surface area contributed by atoms with E-state index >= 15 is 0 Å². The summed E-state index contributed by atoms with van der Waals surface area (Å²) in [7, 11) is 0. The average molecular weight is 1250 g/mol. The van der Waals surface area contributed by atoms with E-state index in [9.17, 15) is 19.2 Å². The fraction of sp³-hybridized carbons (Fsp3) is 0.947. The van der Waals surface area contributed by atoms with Crippen molar-refractivity contribution in [3.8, 4) is 0 Å². The summed E-state index contributed by atoms with van der Waals surface area (Å²) in [6.07, 6.45) is 58.9. The highest BCUT2D eigenvalue weighted by molar-refractivity contribution is 5.71. The molecule has 88 heavy (non-hydrogen) atoms. The van der Waals surface area contributed by atoms with Crippen LogP contribution in [-0.4, -0.2) is 148 Å². The highest BCUT2D eigenvalue weighted by atomic mass is 16.5. The molecule has 0 rings (SSSR count). The van der Waals surface area contributed by atoms with Crippen molar-refractivity contribution in [2.24, 2.45) is 0 Å². The summed E-state index contributed by atoms with van der Waals surface area (Å²) < 4.78 is 22.8. The van der Waals surface area contributed by atoms with Gasteiger partial charge in [-0.25, -0.2) is 0 Å². The van der Waals surface area contributed by atoms with Gasteiger partial charge in [-0.1, -0.05) is 298 Å². The summed E-state index contributed by atoms with van der Waals surface area (Å²) in [5.74, 6) is -0.577. The van der Waals surface area contributed by atoms with Gasteiger partial charge in [-0.3, -0.25) is 19.2 Å². The van der Waals surface area contributed by atoms with Crippen LogP contribution in [0.4, 0.5) is 0 Å². The quantitative estimate of drug-likeness (QED) is 0.0328. The van der Waals surface area contributed by atoms with Gasteiger partial charge in [-0.15, -0.1) is 0 Å². The van der Waals surface area contributed by atoms with Gasteiger partial charge in [0.2, 0.25) is 0 Å². The maximum atomic E-state index is 13.0. The largest absolute Gasteiger partial charge is 0.466 e. The SMILES string of the molecule is CCCCCCCCCCCCCOC(=O)CCN(CCCN(CC)CCN(CC)CCCN(CCC(=O)OCCCCCCCCCCCCC)CCC(=O)OCCCCCCCCCCCCC)CCC(=O)OCCCCCCCCCCCCC. The highest BCUT2D eigenvalue weighted by Gasteiger charge is 2.17. The van der Waals surface area contributed by atoms with Crippen LogP contribution in [0.3, 0.4) is 0 Å². The van der Waals surface area contributed by atoms with E-state index in [1.165, 1.54) is 231 Å². The molecular weight excluding hydrogens is 1100 g/mol. The van der Waals surface area contributed by atoms with Crippen molar-refractivity contribution >= 4 is 23.9 Å². The van der Waals surface area contributed by atoms with Gasteiger partial charge in [0.25, 0.3) is 0 Å². The molecule has 12 nitrogen and oxygen atoms in total. The first kappa shape index (κ1) is 85.7. The number of esters is 4. The molecule has 0 radical (unpaired) electrons. The van der Waals surface area contributed by atoms with Crippen LogP contribution >= 0.6 is 0 Å². The van der Waals surface area contributed by atoms with E-state index in [0.717, 1.165) is 117 Å². The molecule has 0 fully saturated rings. The molecule has 0 saturated heterocycles. The van der Waals surface area contributed by atoms with Gasteiger partial charge in [0.15, 0.2) is 0 Å². The molecule has 0 amide bonds. The Bertz CT molecular complexity index is 1280. The van der Waals surface area contributed by atoms with Gasteiger partial charge < -0.3 is 38.5 Å². The Balaban J connectivity index is 5.18.